The molecule has 0 aliphatic rings. The molecule has 0 atom stereocenters. The number of nitrogens with one attached hydrogen (secondary N) is 1. The molecule has 0 spiro atoms. The lowest BCUT2D eigenvalue weighted by molar-refractivity contribution is 0.100. The Balaban J connectivity index is 1.50. The van der Waals surface area contributed by atoms with Gasteiger partial charge in [-0.3, -0.25) is 19.0 Å². The number of amides is 2. The molecule has 6 heterocycles. The number of aromatic nitrogens is 8. The summed E-state index contributed by atoms with van der Waals surface area (Å²) in [5, 5.41) is 16.5. The smallest absolute Gasteiger partial charge is 0.280 e. The van der Waals surface area contributed by atoms with Crippen LogP contribution < -0.4 is 11.1 Å². The van der Waals surface area contributed by atoms with E-state index in [-0.39, 0.29) is 26.6 Å². The third kappa shape index (κ3) is 4.70. The third-order valence-electron chi connectivity index (χ3n) is 7.12. The molecule has 6 rings (SSSR count). The first-order valence-corrected chi connectivity index (χ1v) is 14.2. The second kappa shape index (κ2) is 10.7. The maximum absolute atomic E-state index is 13.9. The lowest BCUT2D eigenvalue weighted by Crippen LogP contribution is -2.17. The topological polar surface area (TPSA) is 151 Å². The number of carbonyl (C=O) groups is 2. The zero-order valence-electron chi connectivity index (χ0n) is 23.6. The minimum atomic E-state index is -2.87. The van der Waals surface area contributed by atoms with E-state index in [9.17, 15) is 18.4 Å². The van der Waals surface area contributed by atoms with Crippen LogP contribution in [-0.4, -0.2) is 51.0 Å². The molecule has 0 aromatic carbocycles. The average molecular weight is 605 g/mol. The van der Waals surface area contributed by atoms with E-state index >= 15 is 0 Å². The largest absolute Gasteiger partial charge is 0.365 e. The summed E-state index contributed by atoms with van der Waals surface area (Å²) >= 11 is 0.833. The van der Waals surface area contributed by atoms with Gasteiger partial charge >= 0.3 is 0 Å². The molecule has 0 radical (unpaired) electrons. The molecule has 12 nitrogen and oxygen atoms in total. The van der Waals surface area contributed by atoms with Gasteiger partial charge in [0.25, 0.3) is 18.2 Å². The van der Waals surface area contributed by atoms with Crippen LogP contribution in [0.4, 0.5) is 14.5 Å². The number of pyridine rings is 1. The van der Waals surface area contributed by atoms with E-state index in [2.05, 4.69) is 30.6 Å². The highest BCUT2D eigenvalue weighted by atomic mass is 32.1. The van der Waals surface area contributed by atoms with Crippen molar-refractivity contribution in [3.8, 4) is 22.4 Å². The second-order valence-corrected chi connectivity index (χ2v) is 10.8. The molecule has 3 N–H and O–H groups in total. The molecular formula is C28H26F2N10O2S. The first-order valence-electron chi connectivity index (χ1n) is 13.4. The van der Waals surface area contributed by atoms with Crippen LogP contribution in [0, 0.1) is 13.8 Å². The monoisotopic (exact) mass is 604 g/mol. The second-order valence-electron chi connectivity index (χ2n) is 9.79. The minimum absolute atomic E-state index is 0.0308. The van der Waals surface area contributed by atoms with Crippen molar-refractivity contribution in [2.75, 3.05) is 5.32 Å². The van der Waals surface area contributed by atoms with Crippen LogP contribution in [0.15, 0.2) is 36.9 Å². The lowest BCUT2D eigenvalue weighted by atomic mass is 10.0. The van der Waals surface area contributed by atoms with Crippen molar-refractivity contribution in [3.05, 3.63) is 64.4 Å². The number of nitrogens with zero attached hydrogens (tertiary/aromatic N) is 8. The molecule has 0 aliphatic heterocycles. The summed E-state index contributed by atoms with van der Waals surface area (Å²) < 4.78 is 32.8. The highest BCUT2D eigenvalue weighted by Crippen LogP contribution is 2.43. The Bertz CT molecular complexity index is 2060. The molecule has 15 heteroatoms. The number of fused-ring (bicyclic) bond motifs is 2. The van der Waals surface area contributed by atoms with Gasteiger partial charge in [0.15, 0.2) is 5.65 Å². The first kappa shape index (κ1) is 28.1. The van der Waals surface area contributed by atoms with Crippen molar-refractivity contribution >= 4 is 44.7 Å². The molecule has 0 fully saturated rings. The van der Waals surface area contributed by atoms with Crippen molar-refractivity contribution in [2.24, 2.45) is 5.73 Å². The molecule has 0 saturated heterocycles. The number of aryl methyl sites for hydroxylation is 4. The van der Waals surface area contributed by atoms with Gasteiger partial charge in [0.2, 0.25) is 0 Å². The average Bonchev–Trinajstić information content (AvgIpc) is 3.76. The van der Waals surface area contributed by atoms with E-state index in [1.165, 1.54) is 12.3 Å². The Kier molecular flexibility index (Phi) is 6.96. The van der Waals surface area contributed by atoms with Crippen molar-refractivity contribution < 1.29 is 18.4 Å². The van der Waals surface area contributed by atoms with Crippen molar-refractivity contribution in [1.29, 1.82) is 0 Å². The molecule has 2 amide bonds. The Hall–Kier alpha value is -5.05. The summed E-state index contributed by atoms with van der Waals surface area (Å²) in [7, 11) is 0. The van der Waals surface area contributed by atoms with Gasteiger partial charge in [-0.05, 0) is 45.4 Å². The summed E-state index contributed by atoms with van der Waals surface area (Å²) in [6, 6.07) is 3.03. The quantitative estimate of drug-likeness (QED) is 0.248. The number of primary amides is 1. The number of carbonyl (C=O) groups excluding carboxylic acids is 2. The standard InChI is InChI=1S/C28H26F2N10O2S/c1-5-38-11-17(13(3)36-38)15-9-19(24(29)30)34-28-21(15)22(23(43-28)25(31)41)35-27(42)16-10-33-40-20(7-8-32-26(16)40)18-12-39(6-2)37-14(18)4/h7-12,24H,5-6H2,1-4H3,(H2,31,41)(H,35,42). The number of hydrogen-bond donors (Lipinski definition) is 2. The van der Waals surface area contributed by atoms with Gasteiger partial charge < -0.3 is 11.1 Å². The summed E-state index contributed by atoms with van der Waals surface area (Å²) in [6.45, 7) is 8.76. The zero-order valence-corrected chi connectivity index (χ0v) is 24.4. The van der Waals surface area contributed by atoms with E-state index in [0.717, 1.165) is 22.6 Å². The predicted octanol–water partition coefficient (Wildman–Crippen LogP) is 5.01. The molecule has 6 aromatic rings. The zero-order chi connectivity index (χ0) is 30.6. The summed E-state index contributed by atoms with van der Waals surface area (Å²) in [6.07, 6.45) is 3.71. The minimum Gasteiger partial charge on any atom is -0.365 e. The van der Waals surface area contributed by atoms with Gasteiger partial charge in [-0.2, -0.15) is 15.3 Å². The fourth-order valence-corrected chi connectivity index (χ4v) is 6.06. The van der Waals surface area contributed by atoms with Crippen molar-refractivity contribution in [3.63, 3.8) is 0 Å². The molecular weight excluding hydrogens is 578 g/mol. The van der Waals surface area contributed by atoms with Gasteiger partial charge in [-0.15, -0.1) is 11.3 Å². The van der Waals surface area contributed by atoms with Crippen molar-refractivity contribution in [1.82, 2.24) is 39.1 Å². The van der Waals surface area contributed by atoms with Gasteiger partial charge in [0.1, 0.15) is 21.0 Å². The van der Waals surface area contributed by atoms with E-state index in [1.807, 2.05) is 27.0 Å². The molecule has 0 saturated carbocycles. The fourth-order valence-electron chi connectivity index (χ4n) is 5.05. The summed E-state index contributed by atoms with van der Waals surface area (Å²) in [5.74, 6) is -1.46. The maximum Gasteiger partial charge on any atom is 0.280 e. The maximum atomic E-state index is 13.9. The van der Waals surface area contributed by atoms with Gasteiger partial charge in [0, 0.05) is 48.2 Å². The highest BCUT2D eigenvalue weighted by molar-refractivity contribution is 7.21. The number of thiophene rings is 1. The van der Waals surface area contributed by atoms with Crippen molar-refractivity contribution in [2.45, 2.75) is 47.2 Å². The molecule has 6 aromatic heterocycles. The highest BCUT2D eigenvalue weighted by Gasteiger charge is 2.27. The van der Waals surface area contributed by atoms with Crippen LogP contribution in [0.2, 0.25) is 0 Å². The SMILES string of the molecule is CCn1cc(-c2cc(C(F)F)nc3sc(C(N)=O)c(NC(=O)c4cnn5c(-c6cn(CC)nc6C)ccnc45)c23)c(C)n1. The van der Waals surface area contributed by atoms with E-state index in [0.29, 0.717) is 41.0 Å². The number of nitrogens with two attached hydrogens (primary N) is 1. The number of halogens is 2. The van der Waals surface area contributed by atoms with Gasteiger partial charge in [-0.25, -0.2) is 23.3 Å². The Morgan fingerprint density at radius 1 is 1.05 bits per heavy atom. The molecule has 0 aliphatic carbocycles. The third-order valence-corrected chi connectivity index (χ3v) is 8.22. The van der Waals surface area contributed by atoms with E-state index in [1.54, 1.807) is 39.3 Å². The van der Waals surface area contributed by atoms with Crippen LogP contribution in [-0.2, 0) is 13.1 Å². The number of hydrogen-bond acceptors (Lipinski definition) is 8. The van der Waals surface area contributed by atoms with Crippen LogP contribution >= 0.6 is 11.3 Å². The predicted molar refractivity (Wildman–Crippen MR) is 157 cm³/mol. The van der Waals surface area contributed by atoms with Gasteiger partial charge in [-0.1, -0.05) is 0 Å². The Morgan fingerprint density at radius 3 is 2.35 bits per heavy atom. The molecule has 43 heavy (non-hydrogen) atoms. The van der Waals surface area contributed by atoms with Gasteiger partial charge in [0.05, 0.1) is 29.0 Å². The number of alkyl halides is 2. The summed E-state index contributed by atoms with van der Waals surface area (Å²) in [5.41, 5.74) is 9.51. The van der Waals surface area contributed by atoms with Crippen LogP contribution in [0.25, 0.3) is 38.2 Å². The Morgan fingerprint density at radius 2 is 1.72 bits per heavy atom. The van der Waals surface area contributed by atoms with Crippen LogP contribution in [0.5, 0.6) is 0 Å². The number of anilines is 1. The molecule has 0 bridgehead atoms. The summed E-state index contributed by atoms with van der Waals surface area (Å²) in [4.78, 5) is 35.0. The van der Waals surface area contributed by atoms with E-state index < -0.39 is 23.9 Å². The molecule has 220 valence electrons. The Labute approximate surface area is 247 Å². The van der Waals surface area contributed by atoms with Crippen LogP contribution in [0.3, 0.4) is 0 Å². The lowest BCUT2D eigenvalue weighted by Gasteiger charge is -2.10. The van der Waals surface area contributed by atoms with E-state index in [4.69, 9.17) is 5.73 Å². The molecule has 0 unspecified atom stereocenters. The number of rotatable bonds is 8. The first-order chi connectivity index (χ1) is 20.6. The fraction of sp³-hybridized carbons (Fsp3) is 0.250. The van der Waals surface area contributed by atoms with Crippen LogP contribution in [0.1, 0.15) is 57.4 Å². The normalized spacial score (nSPS) is 11.7.